The summed E-state index contributed by atoms with van der Waals surface area (Å²) in [6, 6.07) is 17.7. The lowest BCUT2D eigenvalue weighted by Crippen LogP contribution is -2.43. The van der Waals surface area contributed by atoms with Gasteiger partial charge < -0.3 is 10.6 Å². The highest BCUT2D eigenvalue weighted by molar-refractivity contribution is 7.89. The van der Waals surface area contributed by atoms with Gasteiger partial charge in [0.05, 0.1) is 14.7 Å². The third kappa shape index (κ3) is 10.2. The largest absolute Gasteiger partial charge is 0.337 e. The minimum Gasteiger partial charge on any atom is -0.337 e. The molecule has 0 aliphatic carbocycles. The Bertz CT molecular complexity index is 1480. The summed E-state index contributed by atoms with van der Waals surface area (Å²) < 4.78 is 55.8. The predicted octanol–water partition coefficient (Wildman–Crippen LogP) is 2.59. The normalized spacial score (nSPS) is 11.8. The lowest BCUT2D eigenvalue weighted by molar-refractivity contribution is -0.384. The van der Waals surface area contributed by atoms with Gasteiger partial charge >= 0.3 is 6.03 Å². The summed E-state index contributed by atoms with van der Waals surface area (Å²) in [7, 11) is -7.49. The molecule has 2 amide bonds. The second-order valence-corrected chi connectivity index (χ2v) is 13.0. The summed E-state index contributed by atoms with van der Waals surface area (Å²) in [6.07, 6.45) is 0. The lowest BCUT2D eigenvalue weighted by atomic mass is 10.2. The van der Waals surface area contributed by atoms with E-state index in [1.54, 1.807) is 24.3 Å². The number of carbonyl (C=O) groups excluding carboxylic acids is 1. The highest BCUT2D eigenvalue weighted by atomic mass is 32.2. The fourth-order valence-electron chi connectivity index (χ4n) is 3.78. The maximum atomic E-state index is 12.7. The van der Waals surface area contributed by atoms with Crippen LogP contribution in [0.25, 0.3) is 0 Å². The smallest absolute Gasteiger partial charge is 0.319 e. The van der Waals surface area contributed by atoms with E-state index in [0.717, 1.165) is 11.1 Å². The second kappa shape index (κ2) is 14.8. The van der Waals surface area contributed by atoms with Gasteiger partial charge in [0, 0.05) is 57.1 Å². The van der Waals surface area contributed by atoms with Gasteiger partial charge in [-0.15, -0.1) is 0 Å². The number of nitrogens with one attached hydrogen (secondary N) is 4. The van der Waals surface area contributed by atoms with Gasteiger partial charge in [0.25, 0.3) is 5.69 Å². The zero-order chi connectivity index (χ0) is 30.8. The molecule has 0 unspecified atom stereocenters. The number of aryl methyl sites for hydroxylation is 2. The standard InChI is InChI=1S/C27H34N6O7S2/c1-21-3-11-25(12-4-21)41(37,38)29-16-19-32(20-17-30-42(39,40)26-13-5-22(2)6-14-26)18-15-28-27(34)31-23-7-9-24(10-8-23)33(35)36/h3-14,29-30H,15-20H2,1-2H3,(H2,28,31,34). The van der Waals surface area contributed by atoms with Gasteiger partial charge in [-0.05, 0) is 50.2 Å². The fourth-order valence-corrected chi connectivity index (χ4v) is 5.82. The van der Waals surface area contributed by atoms with E-state index in [4.69, 9.17) is 0 Å². The van der Waals surface area contributed by atoms with Crippen LogP contribution in [-0.4, -0.2) is 72.0 Å². The molecule has 13 nitrogen and oxygen atoms in total. The molecule has 226 valence electrons. The van der Waals surface area contributed by atoms with Crippen molar-refractivity contribution >= 4 is 37.5 Å². The van der Waals surface area contributed by atoms with Crippen molar-refractivity contribution in [2.24, 2.45) is 0 Å². The number of rotatable bonds is 15. The third-order valence-corrected chi connectivity index (χ3v) is 9.11. The molecule has 0 spiro atoms. The van der Waals surface area contributed by atoms with Crippen molar-refractivity contribution in [2.45, 2.75) is 23.6 Å². The molecule has 0 saturated heterocycles. The van der Waals surface area contributed by atoms with Crippen molar-refractivity contribution in [1.29, 1.82) is 0 Å². The number of urea groups is 1. The van der Waals surface area contributed by atoms with E-state index in [1.807, 2.05) is 18.7 Å². The Morgan fingerprint density at radius 1 is 0.714 bits per heavy atom. The van der Waals surface area contributed by atoms with Gasteiger partial charge in [-0.2, -0.15) is 0 Å². The van der Waals surface area contributed by atoms with Crippen molar-refractivity contribution in [3.63, 3.8) is 0 Å². The summed E-state index contributed by atoms with van der Waals surface area (Å²) >= 11 is 0. The van der Waals surface area contributed by atoms with Crippen LogP contribution in [0.2, 0.25) is 0 Å². The van der Waals surface area contributed by atoms with E-state index in [9.17, 15) is 31.7 Å². The molecule has 0 atom stereocenters. The summed E-state index contributed by atoms with van der Waals surface area (Å²) in [5.41, 5.74) is 2.12. The monoisotopic (exact) mass is 618 g/mol. The minimum absolute atomic E-state index is 0.0515. The number of amides is 2. The van der Waals surface area contributed by atoms with Crippen LogP contribution >= 0.6 is 0 Å². The average molecular weight is 619 g/mol. The number of nitro groups is 1. The second-order valence-electron chi connectivity index (χ2n) is 9.45. The number of sulfonamides is 2. The van der Waals surface area contributed by atoms with E-state index < -0.39 is 31.0 Å². The fraction of sp³-hybridized carbons (Fsp3) is 0.296. The van der Waals surface area contributed by atoms with Crippen LogP contribution in [0.1, 0.15) is 11.1 Å². The Balaban J connectivity index is 1.56. The van der Waals surface area contributed by atoms with Gasteiger partial charge in [0.1, 0.15) is 0 Å². The van der Waals surface area contributed by atoms with Gasteiger partial charge in [-0.3, -0.25) is 15.0 Å². The number of benzene rings is 3. The van der Waals surface area contributed by atoms with Crippen LogP contribution in [0.4, 0.5) is 16.2 Å². The highest BCUT2D eigenvalue weighted by Gasteiger charge is 2.17. The molecule has 0 aromatic heterocycles. The van der Waals surface area contributed by atoms with E-state index in [2.05, 4.69) is 20.1 Å². The first-order valence-corrected chi connectivity index (χ1v) is 16.0. The molecule has 0 aliphatic rings. The van der Waals surface area contributed by atoms with E-state index >= 15 is 0 Å². The number of nitrogens with zero attached hydrogens (tertiary/aromatic N) is 2. The predicted molar refractivity (Wildman–Crippen MR) is 159 cm³/mol. The van der Waals surface area contributed by atoms with Crippen LogP contribution in [0.3, 0.4) is 0 Å². The molecule has 0 bridgehead atoms. The molecule has 0 saturated carbocycles. The quantitative estimate of drug-likeness (QED) is 0.148. The molecule has 3 rings (SSSR count). The SMILES string of the molecule is Cc1ccc(S(=O)(=O)NCCN(CCNC(=O)Nc2ccc([N+](=O)[O-])cc2)CCNS(=O)(=O)c2ccc(C)cc2)cc1. The molecule has 0 aliphatic heterocycles. The van der Waals surface area contributed by atoms with Crippen LogP contribution < -0.4 is 20.1 Å². The first-order valence-electron chi connectivity index (χ1n) is 13.0. The average Bonchev–Trinajstić information content (AvgIpc) is 2.93. The van der Waals surface area contributed by atoms with Crippen molar-refractivity contribution in [2.75, 3.05) is 44.6 Å². The first-order chi connectivity index (χ1) is 19.9. The Labute approximate surface area is 245 Å². The Hall–Kier alpha value is -3.89. The summed E-state index contributed by atoms with van der Waals surface area (Å²) in [5, 5.41) is 16.0. The highest BCUT2D eigenvalue weighted by Crippen LogP contribution is 2.15. The van der Waals surface area contributed by atoms with Crippen molar-refractivity contribution in [1.82, 2.24) is 19.7 Å². The lowest BCUT2D eigenvalue weighted by Gasteiger charge is -2.23. The third-order valence-electron chi connectivity index (χ3n) is 6.15. The first kappa shape index (κ1) is 32.6. The van der Waals surface area contributed by atoms with Crippen LogP contribution in [0.5, 0.6) is 0 Å². The maximum absolute atomic E-state index is 12.7. The maximum Gasteiger partial charge on any atom is 0.319 e. The summed E-state index contributed by atoms with van der Waals surface area (Å²) in [4.78, 5) is 24.6. The van der Waals surface area contributed by atoms with E-state index in [0.29, 0.717) is 5.69 Å². The van der Waals surface area contributed by atoms with Gasteiger partial charge in [-0.1, -0.05) is 35.4 Å². The van der Waals surface area contributed by atoms with Gasteiger partial charge in [0.15, 0.2) is 0 Å². The molecule has 3 aromatic carbocycles. The van der Waals surface area contributed by atoms with Crippen LogP contribution in [0, 0.1) is 24.0 Å². The Morgan fingerprint density at radius 3 is 1.57 bits per heavy atom. The number of non-ortho nitro benzene ring substituents is 1. The Kier molecular flexibility index (Phi) is 11.5. The molecule has 42 heavy (non-hydrogen) atoms. The summed E-state index contributed by atoms with van der Waals surface area (Å²) in [5.74, 6) is 0. The van der Waals surface area contributed by atoms with E-state index in [-0.39, 0.29) is 54.7 Å². The molecule has 3 aromatic rings. The molecule has 15 heteroatoms. The molecular weight excluding hydrogens is 584 g/mol. The van der Waals surface area contributed by atoms with Crippen LogP contribution in [0.15, 0.2) is 82.6 Å². The molecule has 0 radical (unpaired) electrons. The zero-order valence-electron chi connectivity index (χ0n) is 23.2. The molecule has 0 fully saturated rings. The number of nitro benzene ring substituents is 1. The van der Waals surface area contributed by atoms with Gasteiger partial charge in [-0.25, -0.2) is 31.1 Å². The van der Waals surface area contributed by atoms with Crippen molar-refractivity contribution < 1.29 is 26.6 Å². The number of carbonyl (C=O) groups is 1. The number of hydrogen-bond donors (Lipinski definition) is 4. The van der Waals surface area contributed by atoms with E-state index in [1.165, 1.54) is 48.5 Å². The number of anilines is 1. The molecule has 0 heterocycles. The molecule has 4 N–H and O–H groups in total. The number of hydrogen-bond acceptors (Lipinski definition) is 8. The van der Waals surface area contributed by atoms with Crippen molar-refractivity contribution in [3.05, 3.63) is 94.0 Å². The topological polar surface area (TPSA) is 180 Å². The van der Waals surface area contributed by atoms with Crippen LogP contribution in [-0.2, 0) is 20.0 Å². The zero-order valence-corrected chi connectivity index (χ0v) is 24.9. The van der Waals surface area contributed by atoms with Crippen molar-refractivity contribution in [3.8, 4) is 0 Å². The van der Waals surface area contributed by atoms with Gasteiger partial charge in [0.2, 0.25) is 20.0 Å². The molecular formula is C27H34N6O7S2. The minimum atomic E-state index is -3.74. The summed E-state index contributed by atoms with van der Waals surface area (Å²) in [6.45, 7) is 4.74. The Morgan fingerprint density at radius 2 is 1.14 bits per heavy atom.